The van der Waals surface area contributed by atoms with Crippen molar-refractivity contribution >= 4 is 18.1 Å². The zero-order chi connectivity index (χ0) is 19.6. The molecular weight excluding hydrogens is 344 g/mol. The van der Waals surface area contributed by atoms with Gasteiger partial charge >= 0.3 is 5.97 Å². The van der Waals surface area contributed by atoms with Crippen molar-refractivity contribution in [2.75, 3.05) is 13.2 Å². The van der Waals surface area contributed by atoms with E-state index < -0.39 is 5.97 Å². The molecule has 142 valence electrons. The van der Waals surface area contributed by atoms with Gasteiger partial charge in [-0.25, -0.2) is 10.2 Å². The molecule has 0 fully saturated rings. The molecule has 27 heavy (non-hydrogen) atoms. The Balaban J connectivity index is 1.80. The van der Waals surface area contributed by atoms with E-state index in [2.05, 4.69) is 10.5 Å². The SMILES string of the molecule is CCOC(=O)COc1ccc(/C=N\NC(=O)Cc2ccc(C)c(C)c2)cc1. The van der Waals surface area contributed by atoms with E-state index in [1.165, 1.54) is 5.56 Å². The number of rotatable bonds is 8. The summed E-state index contributed by atoms with van der Waals surface area (Å²) in [5.74, 6) is -0.0301. The Morgan fingerprint density at radius 1 is 1.07 bits per heavy atom. The average Bonchev–Trinajstić information content (AvgIpc) is 2.64. The number of amides is 1. The van der Waals surface area contributed by atoms with Gasteiger partial charge < -0.3 is 9.47 Å². The molecule has 6 heteroatoms. The zero-order valence-corrected chi connectivity index (χ0v) is 15.8. The number of esters is 1. The molecule has 0 aliphatic rings. The fourth-order valence-corrected chi connectivity index (χ4v) is 2.31. The Morgan fingerprint density at radius 2 is 1.81 bits per heavy atom. The lowest BCUT2D eigenvalue weighted by molar-refractivity contribution is -0.145. The van der Waals surface area contributed by atoms with Crippen LogP contribution in [0.4, 0.5) is 0 Å². The molecule has 2 aromatic carbocycles. The number of ether oxygens (including phenoxy) is 2. The summed E-state index contributed by atoms with van der Waals surface area (Å²) in [5, 5.41) is 3.97. The molecule has 0 saturated heterocycles. The highest BCUT2D eigenvalue weighted by molar-refractivity contribution is 5.83. The molecule has 1 N–H and O–H groups in total. The number of nitrogens with one attached hydrogen (secondary N) is 1. The smallest absolute Gasteiger partial charge is 0.344 e. The highest BCUT2D eigenvalue weighted by Gasteiger charge is 2.04. The number of carbonyl (C=O) groups excluding carboxylic acids is 2. The molecular formula is C21H24N2O4. The lowest BCUT2D eigenvalue weighted by atomic mass is 10.0. The molecule has 0 aliphatic heterocycles. The first kappa shape index (κ1) is 20.2. The van der Waals surface area contributed by atoms with Gasteiger partial charge in [-0.2, -0.15) is 5.10 Å². The Labute approximate surface area is 159 Å². The van der Waals surface area contributed by atoms with Gasteiger partial charge in [0, 0.05) is 0 Å². The monoisotopic (exact) mass is 368 g/mol. The van der Waals surface area contributed by atoms with Crippen LogP contribution in [0.15, 0.2) is 47.6 Å². The van der Waals surface area contributed by atoms with Crippen LogP contribution in [0.2, 0.25) is 0 Å². The van der Waals surface area contributed by atoms with Crippen molar-refractivity contribution in [3.63, 3.8) is 0 Å². The van der Waals surface area contributed by atoms with Crippen molar-refractivity contribution in [1.82, 2.24) is 5.43 Å². The van der Waals surface area contributed by atoms with E-state index in [1.54, 1.807) is 37.4 Å². The molecule has 0 spiro atoms. The molecule has 0 aromatic heterocycles. The van der Waals surface area contributed by atoms with Crippen molar-refractivity contribution in [3.05, 3.63) is 64.7 Å². The third-order valence-electron chi connectivity index (χ3n) is 3.88. The van der Waals surface area contributed by atoms with Crippen LogP contribution in [0.3, 0.4) is 0 Å². The van der Waals surface area contributed by atoms with Crippen LogP contribution in [-0.4, -0.2) is 31.3 Å². The van der Waals surface area contributed by atoms with Crippen LogP contribution >= 0.6 is 0 Å². The standard InChI is InChI=1S/C21H24N2O4/c1-4-26-21(25)14-27-19-9-7-17(8-10-19)13-22-23-20(24)12-18-6-5-15(2)16(3)11-18/h5-11,13H,4,12,14H2,1-3H3,(H,23,24)/b22-13-. The van der Waals surface area contributed by atoms with Gasteiger partial charge in [0.05, 0.1) is 19.2 Å². The summed E-state index contributed by atoms with van der Waals surface area (Å²) in [6.45, 7) is 6.00. The number of hydrazone groups is 1. The summed E-state index contributed by atoms with van der Waals surface area (Å²) in [7, 11) is 0. The highest BCUT2D eigenvalue weighted by atomic mass is 16.6. The lowest BCUT2D eigenvalue weighted by Crippen LogP contribution is -2.19. The summed E-state index contributed by atoms with van der Waals surface area (Å²) in [6, 6.07) is 13.0. The summed E-state index contributed by atoms with van der Waals surface area (Å²) in [5.41, 5.74) is 6.63. The van der Waals surface area contributed by atoms with Crippen molar-refractivity contribution in [2.45, 2.75) is 27.2 Å². The van der Waals surface area contributed by atoms with Gasteiger partial charge in [0.1, 0.15) is 5.75 Å². The first-order valence-electron chi connectivity index (χ1n) is 8.74. The van der Waals surface area contributed by atoms with Gasteiger partial charge in [-0.05, 0) is 67.3 Å². The summed E-state index contributed by atoms with van der Waals surface area (Å²) in [6.07, 6.45) is 1.83. The predicted molar refractivity (Wildman–Crippen MR) is 104 cm³/mol. The van der Waals surface area contributed by atoms with E-state index in [0.717, 1.165) is 16.7 Å². The van der Waals surface area contributed by atoms with Gasteiger partial charge in [-0.3, -0.25) is 4.79 Å². The van der Waals surface area contributed by atoms with Crippen LogP contribution in [0.1, 0.15) is 29.2 Å². The van der Waals surface area contributed by atoms with Crippen molar-refractivity contribution in [1.29, 1.82) is 0 Å². The fourth-order valence-electron chi connectivity index (χ4n) is 2.31. The Morgan fingerprint density at radius 3 is 2.48 bits per heavy atom. The Bertz CT molecular complexity index is 813. The third kappa shape index (κ3) is 6.93. The molecule has 2 rings (SSSR count). The molecule has 6 nitrogen and oxygen atoms in total. The number of benzene rings is 2. The molecule has 0 radical (unpaired) electrons. The number of nitrogens with zero attached hydrogens (tertiary/aromatic N) is 1. The van der Waals surface area contributed by atoms with Gasteiger partial charge in [0.25, 0.3) is 0 Å². The topological polar surface area (TPSA) is 77.0 Å². The molecule has 0 aliphatic carbocycles. The number of aryl methyl sites for hydroxylation is 2. The van der Waals surface area contributed by atoms with E-state index in [0.29, 0.717) is 12.4 Å². The minimum atomic E-state index is -0.408. The van der Waals surface area contributed by atoms with E-state index in [1.807, 2.05) is 32.0 Å². The molecule has 0 atom stereocenters. The first-order chi connectivity index (χ1) is 13.0. The number of hydrogen-bond acceptors (Lipinski definition) is 5. The van der Waals surface area contributed by atoms with Crippen LogP contribution in [-0.2, 0) is 20.7 Å². The normalized spacial score (nSPS) is 10.6. The maximum Gasteiger partial charge on any atom is 0.344 e. The Kier molecular flexibility index (Phi) is 7.55. The summed E-state index contributed by atoms with van der Waals surface area (Å²) in [4.78, 5) is 23.2. The fraction of sp³-hybridized carbons (Fsp3) is 0.286. The van der Waals surface area contributed by atoms with E-state index in [4.69, 9.17) is 9.47 Å². The van der Waals surface area contributed by atoms with Crippen LogP contribution in [0.5, 0.6) is 5.75 Å². The van der Waals surface area contributed by atoms with Crippen LogP contribution in [0.25, 0.3) is 0 Å². The molecule has 1 amide bonds. The van der Waals surface area contributed by atoms with Crippen molar-refractivity contribution in [3.8, 4) is 5.75 Å². The minimum absolute atomic E-state index is 0.129. The molecule has 2 aromatic rings. The Hall–Kier alpha value is -3.15. The van der Waals surface area contributed by atoms with E-state index >= 15 is 0 Å². The summed E-state index contributed by atoms with van der Waals surface area (Å²) >= 11 is 0. The quantitative estimate of drug-likeness (QED) is 0.441. The van der Waals surface area contributed by atoms with Gasteiger partial charge in [-0.15, -0.1) is 0 Å². The average molecular weight is 368 g/mol. The van der Waals surface area contributed by atoms with E-state index in [-0.39, 0.29) is 18.9 Å². The second kappa shape index (κ2) is 10.1. The van der Waals surface area contributed by atoms with Crippen molar-refractivity contribution in [2.24, 2.45) is 5.10 Å². The zero-order valence-electron chi connectivity index (χ0n) is 15.8. The maximum atomic E-state index is 12.0. The van der Waals surface area contributed by atoms with E-state index in [9.17, 15) is 9.59 Å². The summed E-state index contributed by atoms with van der Waals surface area (Å²) < 4.78 is 10.1. The molecule has 0 unspecified atom stereocenters. The van der Waals surface area contributed by atoms with Crippen molar-refractivity contribution < 1.29 is 19.1 Å². The number of hydrogen-bond donors (Lipinski definition) is 1. The third-order valence-corrected chi connectivity index (χ3v) is 3.88. The predicted octanol–water partition coefficient (Wildman–Crippen LogP) is 2.94. The highest BCUT2D eigenvalue weighted by Crippen LogP contribution is 2.11. The minimum Gasteiger partial charge on any atom is -0.482 e. The molecule has 0 saturated carbocycles. The second-order valence-electron chi connectivity index (χ2n) is 6.05. The van der Waals surface area contributed by atoms with Crippen LogP contribution in [0, 0.1) is 13.8 Å². The van der Waals surface area contributed by atoms with Gasteiger partial charge in [0.15, 0.2) is 6.61 Å². The van der Waals surface area contributed by atoms with Gasteiger partial charge in [-0.1, -0.05) is 18.2 Å². The molecule has 0 heterocycles. The lowest BCUT2D eigenvalue weighted by Gasteiger charge is -2.06. The molecule has 0 bridgehead atoms. The maximum absolute atomic E-state index is 12.0. The first-order valence-corrected chi connectivity index (χ1v) is 8.74. The second-order valence-corrected chi connectivity index (χ2v) is 6.05. The van der Waals surface area contributed by atoms with Gasteiger partial charge in [0.2, 0.25) is 5.91 Å². The largest absolute Gasteiger partial charge is 0.482 e. The van der Waals surface area contributed by atoms with Crippen LogP contribution < -0.4 is 10.2 Å². The number of carbonyl (C=O) groups is 2.